The summed E-state index contributed by atoms with van der Waals surface area (Å²) in [5, 5.41) is 3.48. The molecule has 1 saturated carbocycles. The van der Waals surface area contributed by atoms with Gasteiger partial charge in [-0.3, -0.25) is 4.40 Å². The van der Waals surface area contributed by atoms with Crippen molar-refractivity contribution in [2.45, 2.75) is 77.7 Å². The summed E-state index contributed by atoms with van der Waals surface area (Å²) in [5.41, 5.74) is 2.74. The number of hydrogen-bond donors (Lipinski definition) is 1. The van der Waals surface area contributed by atoms with Gasteiger partial charge in [-0.1, -0.05) is 0 Å². The third kappa shape index (κ3) is 6.28. The van der Waals surface area contributed by atoms with Crippen molar-refractivity contribution in [3.05, 3.63) is 47.6 Å². The number of rotatable bonds is 9. The highest BCUT2D eigenvalue weighted by Gasteiger charge is 2.31. The van der Waals surface area contributed by atoms with Crippen LogP contribution in [0.5, 0.6) is 5.75 Å². The summed E-state index contributed by atoms with van der Waals surface area (Å²) >= 11 is 0. The average Bonchev–Trinajstić information content (AvgIpc) is 3.22. The highest BCUT2D eigenvalue weighted by Crippen LogP contribution is 2.37. The lowest BCUT2D eigenvalue weighted by Crippen LogP contribution is -2.35. The van der Waals surface area contributed by atoms with E-state index in [0.717, 1.165) is 36.1 Å². The topological polar surface area (TPSA) is 77.3 Å². The first kappa shape index (κ1) is 26.5. The van der Waals surface area contributed by atoms with Crippen molar-refractivity contribution < 1.29 is 27.8 Å². The van der Waals surface area contributed by atoms with Crippen LogP contribution < -0.4 is 10.1 Å². The maximum atomic E-state index is 13.1. The number of halogens is 2. The van der Waals surface area contributed by atoms with Gasteiger partial charge in [-0.25, -0.2) is 9.78 Å². The van der Waals surface area contributed by atoms with Crippen LogP contribution in [-0.4, -0.2) is 64.4 Å². The normalized spacial score (nSPS) is 20.9. The molecule has 2 fully saturated rings. The van der Waals surface area contributed by atoms with Gasteiger partial charge in [0.1, 0.15) is 22.8 Å². The van der Waals surface area contributed by atoms with Crippen LogP contribution >= 0.6 is 0 Å². The number of pyridine rings is 1. The number of aromatic nitrogens is 2. The van der Waals surface area contributed by atoms with Crippen molar-refractivity contribution in [3.63, 3.8) is 0 Å². The first-order valence-corrected chi connectivity index (χ1v) is 13.3. The summed E-state index contributed by atoms with van der Waals surface area (Å²) in [6.07, 6.45) is 8.66. The Morgan fingerprint density at radius 2 is 2.05 bits per heavy atom. The van der Waals surface area contributed by atoms with E-state index in [1.54, 1.807) is 17.2 Å². The molecule has 1 unspecified atom stereocenters. The number of amides is 1. The van der Waals surface area contributed by atoms with E-state index in [-0.39, 0.29) is 23.8 Å². The summed E-state index contributed by atoms with van der Waals surface area (Å²) in [6, 6.07) is 4.14. The van der Waals surface area contributed by atoms with E-state index < -0.39 is 12.2 Å². The fourth-order valence-corrected chi connectivity index (χ4v) is 5.00. The molecule has 38 heavy (non-hydrogen) atoms. The molecule has 2 aliphatic carbocycles. The number of ether oxygens (including phenoxy) is 3. The Balaban J connectivity index is 1.22. The molecule has 2 aromatic rings. The molecular formula is C28H36F2N4O4. The largest absolute Gasteiger partial charge is 0.493 e. The van der Waals surface area contributed by atoms with Crippen LogP contribution in [0.2, 0.25) is 0 Å². The number of nitrogens with zero attached hydrogens (tertiary/aromatic N) is 3. The minimum Gasteiger partial charge on any atom is -0.493 e. The third-order valence-electron chi connectivity index (χ3n) is 7.04. The molecule has 2 atom stereocenters. The lowest BCUT2D eigenvalue weighted by molar-refractivity contribution is -0.0928. The second kappa shape index (κ2) is 10.6. The molecule has 0 spiro atoms. The van der Waals surface area contributed by atoms with E-state index in [1.807, 2.05) is 50.4 Å². The van der Waals surface area contributed by atoms with Crippen LogP contribution in [0, 0.1) is 5.92 Å². The number of carbonyl (C=O) groups is 1. The van der Waals surface area contributed by atoms with Crippen LogP contribution in [0.4, 0.5) is 13.6 Å². The fourth-order valence-electron chi connectivity index (χ4n) is 5.00. The van der Waals surface area contributed by atoms with Crippen LogP contribution in [0.3, 0.4) is 0 Å². The molecule has 1 aliphatic heterocycles. The second-order valence-electron chi connectivity index (χ2n) is 11.4. The standard InChI is InChI=1S/C28H36F2N4O4/c1-17(32-20-5-6-20)22-11-19(12-24(22)37-26(29)30)23-14-31-25-13-21(8-10-34(23)25)36-16-18-7-9-33(15-18)27(35)38-28(2,3)4/h8,10,12-14,17-18,20,26,32H,5-7,9,11,15-16H2,1-4H3/t17-,18?/m1/s1. The zero-order chi connectivity index (χ0) is 27.0. The Bertz CT molecular complexity index is 1250. The Labute approximate surface area is 221 Å². The molecule has 0 radical (unpaired) electrons. The van der Waals surface area contributed by atoms with Gasteiger partial charge in [0.15, 0.2) is 0 Å². The fraction of sp³-hybridized carbons (Fsp3) is 0.571. The van der Waals surface area contributed by atoms with Gasteiger partial charge >= 0.3 is 12.7 Å². The molecule has 8 nitrogen and oxygen atoms in total. The minimum absolute atomic E-state index is 0.0500. The molecule has 206 valence electrons. The lowest BCUT2D eigenvalue weighted by atomic mass is 10.0. The van der Waals surface area contributed by atoms with Crippen molar-refractivity contribution in [2.75, 3.05) is 19.7 Å². The quantitative estimate of drug-likeness (QED) is 0.469. The van der Waals surface area contributed by atoms with E-state index in [1.165, 1.54) is 0 Å². The molecule has 1 N–H and O–H groups in total. The van der Waals surface area contributed by atoms with Crippen LogP contribution in [0.25, 0.3) is 11.2 Å². The smallest absolute Gasteiger partial charge is 0.410 e. The van der Waals surface area contributed by atoms with E-state index >= 15 is 0 Å². The Hall–Kier alpha value is -3.14. The minimum atomic E-state index is -2.87. The Kier molecular flexibility index (Phi) is 7.35. The van der Waals surface area contributed by atoms with Gasteiger partial charge in [0, 0.05) is 49.8 Å². The van der Waals surface area contributed by atoms with E-state index in [2.05, 4.69) is 10.3 Å². The number of imidazole rings is 1. The van der Waals surface area contributed by atoms with Crippen molar-refractivity contribution >= 4 is 17.3 Å². The molecule has 5 rings (SSSR count). The molecule has 3 aliphatic rings. The second-order valence-corrected chi connectivity index (χ2v) is 11.4. The van der Waals surface area contributed by atoms with Crippen LogP contribution in [0.1, 0.15) is 59.1 Å². The maximum Gasteiger partial charge on any atom is 0.410 e. The SMILES string of the molecule is C[C@@H](NC1CC1)C1=C(OC(F)F)C=C(c2cnc3cc(OCC4CCN(C(=O)OC(C)(C)C)C4)ccn23)C1. The first-order valence-electron chi connectivity index (χ1n) is 13.3. The van der Waals surface area contributed by atoms with E-state index in [0.29, 0.717) is 43.6 Å². The molecule has 1 amide bonds. The van der Waals surface area contributed by atoms with Crippen LogP contribution in [-0.2, 0) is 9.47 Å². The van der Waals surface area contributed by atoms with Gasteiger partial charge in [-0.05, 0) is 70.2 Å². The maximum absolute atomic E-state index is 13.1. The number of nitrogens with one attached hydrogen (secondary N) is 1. The highest BCUT2D eigenvalue weighted by molar-refractivity contribution is 5.74. The van der Waals surface area contributed by atoms with Gasteiger partial charge in [-0.15, -0.1) is 0 Å². The average molecular weight is 531 g/mol. The third-order valence-corrected chi connectivity index (χ3v) is 7.04. The summed E-state index contributed by atoms with van der Waals surface area (Å²) in [7, 11) is 0. The van der Waals surface area contributed by atoms with Crippen LogP contribution in [0.15, 0.2) is 41.9 Å². The molecule has 1 saturated heterocycles. The highest BCUT2D eigenvalue weighted by atomic mass is 19.3. The van der Waals surface area contributed by atoms with Crippen molar-refractivity contribution in [1.29, 1.82) is 0 Å². The van der Waals surface area contributed by atoms with Gasteiger partial charge in [0.2, 0.25) is 0 Å². The predicted octanol–water partition coefficient (Wildman–Crippen LogP) is 5.39. The van der Waals surface area contributed by atoms with Gasteiger partial charge in [0.05, 0.1) is 18.5 Å². The number of allylic oxidation sites excluding steroid dienone is 2. The predicted molar refractivity (Wildman–Crippen MR) is 139 cm³/mol. The molecule has 2 aromatic heterocycles. The number of hydrogen-bond acceptors (Lipinski definition) is 6. The van der Waals surface area contributed by atoms with E-state index in [4.69, 9.17) is 14.2 Å². The zero-order valence-electron chi connectivity index (χ0n) is 22.4. The lowest BCUT2D eigenvalue weighted by Gasteiger charge is -2.24. The first-order chi connectivity index (χ1) is 18.1. The summed E-state index contributed by atoms with van der Waals surface area (Å²) in [4.78, 5) is 18.6. The summed E-state index contributed by atoms with van der Waals surface area (Å²) < 4.78 is 44.6. The molecule has 0 aromatic carbocycles. The number of alkyl halides is 2. The Morgan fingerprint density at radius 1 is 1.26 bits per heavy atom. The zero-order valence-corrected chi connectivity index (χ0v) is 22.4. The van der Waals surface area contributed by atoms with Crippen molar-refractivity contribution in [3.8, 4) is 5.75 Å². The number of fused-ring (bicyclic) bond motifs is 1. The van der Waals surface area contributed by atoms with Gasteiger partial charge in [-0.2, -0.15) is 8.78 Å². The Morgan fingerprint density at radius 3 is 2.76 bits per heavy atom. The summed E-state index contributed by atoms with van der Waals surface area (Å²) in [5.74, 6) is 1.15. The van der Waals surface area contributed by atoms with Gasteiger partial charge < -0.3 is 24.4 Å². The van der Waals surface area contributed by atoms with Gasteiger partial charge in [0.25, 0.3) is 0 Å². The molecule has 10 heteroatoms. The van der Waals surface area contributed by atoms with Crippen molar-refractivity contribution in [1.82, 2.24) is 19.6 Å². The number of likely N-dealkylation sites (tertiary alicyclic amines) is 1. The molecule has 0 bridgehead atoms. The van der Waals surface area contributed by atoms with Crippen molar-refractivity contribution in [2.24, 2.45) is 5.92 Å². The molecular weight excluding hydrogens is 494 g/mol. The van der Waals surface area contributed by atoms with E-state index in [9.17, 15) is 13.6 Å². The molecule has 3 heterocycles. The number of carbonyl (C=O) groups excluding carboxylic acids is 1. The monoisotopic (exact) mass is 530 g/mol. The summed E-state index contributed by atoms with van der Waals surface area (Å²) in [6.45, 7) is 6.45.